The SMILES string of the molecule is NCc1c(F)cccc1C(CN)c1ccc(Cl)cc1Cl. The van der Waals surface area contributed by atoms with Gasteiger partial charge in [0.25, 0.3) is 0 Å². The highest BCUT2D eigenvalue weighted by molar-refractivity contribution is 6.35. The molecule has 0 amide bonds. The van der Waals surface area contributed by atoms with E-state index >= 15 is 0 Å². The van der Waals surface area contributed by atoms with Crippen LogP contribution in [0.1, 0.15) is 22.6 Å². The molecule has 0 aliphatic carbocycles. The quantitative estimate of drug-likeness (QED) is 0.904. The van der Waals surface area contributed by atoms with Crippen LogP contribution >= 0.6 is 23.2 Å². The Morgan fingerprint density at radius 3 is 2.40 bits per heavy atom. The predicted molar refractivity (Wildman–Crippen MR) is 81.7 cm³/mol. The van der Waals surface area contributed by atoms with Gasteiger partial charge in [-0.1, -0.05) is 41.4 Å². The standard InChI is InChI=1S/C15H15Cl2FN2/c16-9-4-5-11(14(17)6-9)12(7-19)10-2-1-3-15(18)13(10)8-20/h1-6,12H,7-8,19-20H2. The van der Waals surface area contributed by atoms with Gasteiger partial charge < -0.3 is 11.5 Å². The maximum Gasteiger partial charge on any atom is 0.127 e. The first kappa shape index (κ1) is 15.3. The molecule has 0 radical (unpaired) electrons. The van der Waals surface area contributed by atoms with Gasteiger partial charge >= 0.3 is 0 Å². The molecule has 0 heterocycles. The minimum Gasteiger partial charge on any atom is -0.330 e. The molecule has 0 aromatic heterocycles. The van der Waals surface area contributed by atoms with Gasteiger partial charge in [0.15, 0.2) is 0 Å². The molecule has 2 aromatic carbocycles. The fraction of sp³-hybridized carbons (Fsp3) is 0.200. The lowest BCUT2D eigenvalue weighted by Crippen LogP contribution is -2.18. The van der Waals surface area contributed by atoms with Gasteiger partial charge in [0, 0.05) is 34.6 Å². The first-order chi connectivity index (χ1) is 9.58. The molecule has 0 bridgehead atoms. The first-order valence-corrected chi connectivity index (χ1v) is 6.96. The zero-order valence-corrected chi connectivity index (χ0v) is 12.3. The van der Waals surface area contributed by atoms with E-state index in [9.17, 15) is 4.39 Å². The predicted octanol–water partition coefficient (Wildman–Crippen LogP) is 3.68. The van der Waals surface area contributed by atoms with E-state index in [4.69, 9.17) is 34.7 Å². The van der Waals surface area contributed by atoms with Crippen molar-refractivity contribution in [3.63, 3.8) is 0 Å². The van der Waals surface area contributed by atoms with Crippen LogP contribution in [0.3, 0.4) is 0 Å². The van der Waals surface area contributed by atoms with E-state index in [-0.39, 0.29) is 18.3 Å². The highest BCUT2D eigenvalue weighted by Gasteiger charge is 2.20. The second-order valence-corrected chi connectivity index (χ2v) is 5.31. The van der Waals surface area contributed by atoms with Crippen LogP contribution in [0.5, 0.6) is 0 Å². The van der Waals surface area contributed by atoms with Gasteiger partial charge in [0.05, 0.1) is 0 Å². The Morgan fingerprint density at radius 2 is 1.80 bits per heavy atom. The van der Waals surface area contributed by atoms with Crippen LogP contribution in [0.4, 0.5) is 4.39 Å². The molecule has 2 rings (SSSR count). The van der Waals surface area contributed by atoms with E-state index < -0.39 is 0 Å². The Kier molecular flexibility index (Phi) is 5.00. The number of rotatable bonds is 4. The third-order valence-corrected chi connectivity index (χ3v) is 3.87. The normalized spacial score (nSPS) is 12.4. The highest BCUT2D eigenvalue weighted by Crippen LogP contribution is 2.33. The molecular weight excluding hydrogens is 298 g/mol. The molecule has 0 aliphatic heterocycles. The van der Waals surface area contributed by atoms with Gasteiger partial charge in [-0.05, 0) is 29.3 Å². The minimum atomic E-state index is -0.325. The van der Waals surface area contributed by atoms with E-state index in [1.807, 2.05) is 12.1 Å². The van der Waals surface area contributed by atoms with Gasteiger partial charge in [-0.25, -0.2) is 4.39 Å². The third kappa shape index (κ3) is 2.96. The highest BCUT2D eigenvalue weighted by atomic mass is 35.5. The molecule has 0 spiro atoms. The van der Waals surface area contributed by atoms with Gasteiger partial charge in [0.1, 0.15) is 5.82 Å². The lowest BCUT2D eigenvalue weighted by Gasteiger charge is -2.20. The lowest BCUT2D eigenvalue weighted by molar-refractivity contribution is 0.603. The molecule has 0 saturated heterocycles. The maximum absolute atomic E-state index is 13.9. The summed E-state index contributed by atoms with van der Waals surface area (Å²) in [5, 5.41) is 1.06. The summed E-state index contributed by atoms with van der Waals surface area (Å²) in [4.78, 5) is 0. The number of benzene rings is 2. The average Bonchev–Trinajstić information content (AvgIpc) is 2.42. The summed E-state index contributed by atoms with van der Waals surface area (Å²) in [7, 11) is 0. The molecule has 4 N–H and O–H groups in total. The topological polar surface area (TPSA) is 52.0 Å². The van der Waals surface area contributed by atoms with Crippen LogP contribution in [-0.2, 0) is 6.54 Å². The second-order valence-electron chi connectivity index (χ2n) is 4.47. The Bertz CT molecular complexity index is 617. The number of hydrogen-bond acceptors (Lipinski definition) is 2. The summed E-state index contributed by atoms with van der Waals surface area (Å²) >= 11 is 12.1. The fourth-order valence-electron chi connectivity index (χ4n) is 2.32. The molecule has 20 heavy (non-hydrogen) atoms. The maximum atomic E-state index is 13.9. The van der Waals surface area contributed by atoms with Crippen LogP contribution in [0.15, 0.2) is 36.4 Å². The van der Waals surface area contributed by atoms with E-state index in [0.29, 0.717) is 22.2 Å². The van der Waals surface area contributed by atoms with Crippen molar-refractivity contribution in [3.05, 3.63) is 69.0 Å². The van der Waals surface area contributed by atoms with Crippen molar-refractivity contribution >= 4 is 23.2 Å². The van der Waals surface area contributed by atoms with Crippen molar-refractivity contribution in [2.45, 2.75) is 12.5 Å². The van der Waals surface area contributed by atoms with Crippen molar-refractivity contribution in [1.29, 1.82) is 0 Å². The van der Waals surface area contributed by atoms with Gasteiger partial charge in [0.2, 0.25) is 0 Å². The van der Waals surface area contributed by atoms with Gasteiger partial charge in [-0.15, -0.1) is 0 Å². The molecule has 106 valence electrons. The summed E-state index contributed by atoms with van der Waals surface area (Å²) in [5.74, 6) is -0.539. The van der Waals surface area contributed by atoms with Crippen molar-refractivity contribution in [3.8, 4) is 0 Å². The van der Waals surface area contributed by atoms with Gasteiger partial charge in [-0.3, -0.25) is 0 Å². The van der Waals surface area contributed by atoms with Crippen molar-refractivity contribution in [2.24, 2.45) is 11.5 Å². The van der Waals surface area contributed by atoms with E-state index in [1.165, 1.54) is 6.07 Å². The van der Waals surface area contributed by atoms with Crippen molar-refractivity contribution in [1.82, 2.24) is 0 Å². The van der Waals surface area contributed by atoms with Crippen molar-refractivity contribution < 1.29 is 4.39 Å². The molecule has 1 atom stereocenters. The third-order valence-electron chi connectivity index (χ3n) is 3.31. The summed E-state index contributed by atoms with van der Waals surface area (Å²) in [5.41, 5.74) is 13.6. The zero-order valence-electron chi connectivity index (χ0n) is 10.7. The van der Waals surface area contributed by atoms with E-state index in [1.54, 1.807) is 18.2 Å². The molecule has 0 fully saturated rings. The number of hydrogen-bond donors (Lipinski definition) is 2. The molecular formula is C15H15Cl2FN2. The monoisotopic (exact) mass is 312 g/mol. The first-order valence-electron chi connectivity index (χ1n) is 6.20. The molecule has 0 aliphatic rings. The Labute approximate surface area is 127 Å². The summed E-state index contributed by atoms with van der Waals surface area (Å²) < 4.78 is 13.9. The lowest BCUT2D eigenvalue weighted by atomic mass is 9.88. The summed E-state index contributed by atoms with van der Waals surface area (Å²) in [6.45, 7) is 0.418. The van der Waals surface area contributed by atoms with Crippen LogP contribution in [0.25, 0.3) is 0 Å². The molecule has 2 nitrogen and oxygen atoms in total. The zero-order chi connectivity index (χ0) is 14.7. The van der Waals surface area contributed by atoms with Crippen LogP contribution in [-0.4, -0.2) is 6.54 Å². The molecule has 2 aromatic rings. The smallest absolute Gasteiger partial charge is 0.127 e. The Hall–Kier alpha value is -1.13. The average molecular weight is 313 g/mol. The number of nitrogens with two attached hydrogens (primary N) is 2. The molecule has 0 saturated carbocycles. The van der Waals surface area contributed by atoms with Crippen LogP contribution in [0, 0.1) is 5.82 Å². The van der Waals surface area contributed by atoms with E-state index in [0.717, 1.165) is 11.1 Å². The fourth-order valence-corrected chi connectivity index (χ4v) is 2.86. The van der Waals surface area contributed by atoms with Crippen LogP contribution in [0.2, 0.25) is 10.0 Å². The molecule has 1 unspecified atom stereocenters. The number of halogens is 3. The Morgan fingerprint density at radius 1 is 1.05 bits per heavy atom. The molecule has 5 heteroatoms. The van der Waals surface area contributed by atoms with Gasteiger partial charge in [-0.2, -0.15) is 0 Å². The summed E-state index contributed by atoms with van der Waals surface area (Å²) in [6, 6.07) is 10.1. The summed E-state index contributed by atoms with van der Waals surface area (Å²) in [6.07, 6.45) is 0. The van der Waals surface area contributed by atoms with Crippen LogP contribution < -0.4 is 11.5 Å². The second kappa shape index (κ2) is 6.55. The Balaban J connectivity index is 2.55. The minimum absolute atomic E-state index is 0.115. The van der Waals surface area contributed by atoms with E-state index in [2.05, 4.69) is 0 Å². The largest absolute Gasteiger partial charge is 0.330 e. The van der Waals surface area contributed by atoms with Crippen molar-refractivity contribution in [2.75, 3.05) is 6.54 Å².